The zero-order valence-electron chi connectivity index (χ0n) is 9.17. The first-order chi connectivity index (χ1) is 7.33. The van der Waals surface area contributed by atoms with E-state index in [1.165, 1.54) is 0 Å². The van der Waals surface area contributed by atoms with Gasteiger partial charge in [0.2, 0.25) is 5.91 Å². The van der Waals surface area contributed by atoms with Crippen molar-refractivity contribution in [3.63, 3.8) is 0 Å². The van der Waals surface area contributed by atoms with Crippen LogP contribution in [0.2, 0.25) is 0 Å². The summed E-state index contributed by atoms with van der Waals surface area (Å²) >= 11 is 0. The standard InChI is InChI=1S/C10H21N3O2/c14-8-2-4-12-10(15)9-13-6-1-3-11-5-7-13/h11,14H,1-9H2,(H,12,15). The van der Waals surface area contributed by atoms with Gasteiger partial charge in [-0.15, -0.1) is 0 Å². The fraction of sp³-hybridized carbons (Fsp3) is 0.900. The number of aliphatic hydroxyl groups excluding tert-OH is 1. The van der Waals surface area contributed by atoms with Crippen LogP contribution in [0.4, 0.5) is 0 Å². The molecule has 0 aromatic rings. The van der Waals surface area contributed by atoms with Crippen molar-refractivity contribution in [2.45, 2.75) is 12.8 Å². The molecule has 0 radical (unpaired) electrons. The van der Waals surface area contributed by atoms with Crippen molar-refractivity contribution in [1.82, 2.24) is 15.5 Å². The number of carbonyl (C=O) groups is 1. The smallest absolute Gasteiger partial charge is 0.234 e. The molecule has 0 aromatic heterocycles. The molecule has 1 rings (SSSR count). The summed E-state index contributed by atoms with van der Waals surface area (Å²) in [5.41, 5.74) is 0. The molecule has 0 aliphatic carbocycles. The van der Waals surface area contributed by atoms with E-state index in [2.05, 4.69) is 15.5 Å². The fourth-order valence-electron chi connectivity index (χ4n) is 1.63. The maximum atomic E-state index is 11.4. The molecule has 0 aromatic carbocycles. The van der Waals surface area contributed by atoms with Gasteiger partial charge in [-0.05, 0) is 25.9 Å². The molecule has 15 heavy (non-hydrogen) atoms. The fourth-order valence-corrected chi connectivity index (χ4v) is 1.63. The van der Waals surface area contributed by atoms with Gasteiger partial charge >= 0.3 is 0 Å². The highest BCUT2D eigenvalue weighted by atomic mass is 16.3. The molecular formula is C10H21N3O2. The number of rotatable bonds is 5. The van der Waals surface area contributed by atoms with Gasteiger partial charge in [-0.2, -0.15) is 0 Å². The molecule has 0 bridgehead atoms. The largest absolute Gasteiger partial charge is 0.396 e. The van der Waals surface area contributed by atoms with Crippen LogP contribution >= 0.6 is 0 Å². The molecule has 1 amide bonds. The lowest BCUT2D eigenvalue weighted by atomic mass is 10.3. The van der Waals surface area contributed by atoms with Crippen LogP contribution in [0.1, 0.15) is 12.8 Å². The molecule has 5 nitrogen and oxygen atoms in total. The van der Waals surface area contributed by atoms with Crippen molar-refractivity contribution in [3.05, 3.63) is 0 Å². The van der Waals surface area contributed by atoms with Crippen LogP contribution in [0.5, 0.6) is 0 Å². The zero-order valence-corrected chi connectivity index (χ0v) is 9.17. The maximum absolute atomic E-state index is 11.4. The highest BCUT2D eigenvalue weighted by Crippen LogP contribution is 1.94. The lowest BCUT2D eigenvalue weighted by molar-refractivity contribution is -0.122. The van der Waals surface area contributed by atoms with Crippen LogP contribution < -0.4 is 10.6 Å². The van der Waals surface area contributed by atoms with Gasteiger partial charge in [0.25, 0.3) is 0 Å². The van der Waals surface area contributed by atoms with Crippen molar-refractivity contribution >= 4 is 5.91 Å². The minimum atomic E-state index is 0.0605. The Bertz CT molecular complexity index is 180. The summed E-state index contributed by atoms with van der Waals surface area (Å²) in [6, 6.07) is 0. The Morgan fingerprint density at radius 3 is 3.07 bits per heavy atom. The van der Waals surface area contributed by atoms with Gasteiger partial charge in [0, 0.05) is 26.2 Å². The first-order valence-electron chi connectivity index (χ1n) is 5.63. The highest BCUT2D eigenvalue weighted by molar-refractivity contribution is 5.77. The van der Waals surface area contributed by atoms with Gasteiger partial charge in [0.15, 0.2) is 0 Å². The van der Waals surface area contributed by atoms with E-state index in [1.807, 2.05) is 0 Å². The molecule has 0 unspecified atom stereocenters. The number of aliphatic hydroxyl groups is 1. The monoisotopic (exact) mass is 215 g/mol. The summed E-state index contributed by atoms with van der Waals surface area (Å²) in [6.45, 7) is 5.11. The second kappa shape index (κ2) is 7.62. The number of amides is 1. The molecule has 1 heterocycles. The van der Waals surface area contributed by atoms with Crippen LogP contribution in [0, 0.1) is 0 Å². The molecule has 3 N–H and O–H groups in total. The molecule has 88 valence electrons. The summed E-state index contributed by atoms with van der Waals surface area (Å²) in [5, 5.41) is 14.7. The minimum Gasteiger partial charge on any atom is -0.396 e. The van der Waals surface area contributed by atoms with Crippen LogP contribution in [0.25, 0.3) is 0 Å². The molecule has 0 atom stereocenters. The second-order valence-corrected chi connectivity index (χ2v) is 3.81. The number of carbonyl (C=O) groups excluding carboxylic acids is 1. The Morgan fingerprint density at radius 2 is 2.27 bits per heavy atom. The molecule has 0 saturated carbocycles. The van der Waals surface area contributed by atoms with Gasteiger partial charge in [0.1, 0.15) is 0 Å². The number of nitrogens with zero attached hydrogens (tertiary/aromatic N) is 1. The summed E-state index contributed by atoms with van der Waals surface area (Å²) in [6.07, 6.45) is 1.73. The average molecular weight is 215 g/mol. The SMILES string of the molecule is O=C(CN1CCCNCC1)NCCCO. The van der Waals surface area contributed by atoms with Crippen LogP contribution in [-0.2, 0) is 4.79 Å². The predicted octanol–water partition coefficient (Wildman–Crippen LogP) is -1.22. The van der Waals surface area contributed by atoms with E-state index in [4.69, 9.17) is 5.11 Å². The molecule has 1 aliphatic heterocycles. The minimum absolute atomic E-state index is 0.0605. The highest BCUT2D eigenvalue weighted by Gasteiger charge is 2.11. The second-order valence-electron chi connectivity index (χ2n) is 3.81. The summed E-state index contributed by atoms with van der Waals surface area (Å²) in [5.74, 6) is 0.0605. The summed E-state index contributed by atoms with van der Waals surface area (Å²) in [7, 11) is 0. The van der Waals surface area contributed by atoms with Gasteiger partial charge in [-0.25, -0.2) is 0 Å². The molecule has 1 fully saturated rings. The van der Waals surface area contributed by atoms with Gasteiger partial charge in [0.05, 0.1) is 6.54 Å². The Hall–Kier alpha value is -0.650. The summed E-state index contributed by atoms with van der Waals surface area (Å²) < 4.78 is 0. The zero-order chi connectivity index (χ0) is 10.9. The van der Waals surface area contributed by atoms with E-state index in [9.17, 15) is 4.79 Å². The van der Waals surface area contributed by atoms with Crippen LogP contribution in [-0.4, -0.2) is 61.8 Å². The van der Waals surface area contributed by atoms with Crippen LogP contribution in [0.15, 0.2) is 0 Å². The number of nitrogens with one attached hydrogen (secondary N) is 2. The Morgan fingerprint density at radius 1 is 1.40 bits per heavy atom. The molecule has 5 heteroatoms. The van der Waals surface area contributed by atoms with Crippen molar-refractivity contribution < 1.29 is 9.90 Å². The van der Waals surface area contributed by atoms with Gasteiger partial charge in [-0.1, -0.05) is 0 Å². The van der Waals surface area contributed by atoms with Gasteiger partial charge in [-0.3, -0.25) is 9.69 Å². The first kappa shape index (κ1) is 12.4. The maximum Gasteiger partial charge on any atom is 0.234 e. The predicted molar refractivity (Wildman–Crippen MR) is 58.6 cm³/mol. The average Bonchev–Trinajstić information content (AvgIpc) is 2.47. The normalized spacial score (nSPS) is 18.5. The third kappa shape index (κ3) is 5.71. The van der Waals surface area contributed by atoms with Crippen molar-refractivity contribution in [1.29, 1.82) is 0 Å². The topological polar surface area (TPSA) is 64.6 Å². The lowest BCUT2D eigenvalue weighted by Crippen LogP contribution is -2.39. The number of hydrogen-bond acceptors (Lipinski definition) is 4. The van der Waals surface area contributed by atoms with Gasteiger partial charge < -0.3 is 15.7 Å². The van der Waals surface area contributed by atoms with E-state index in [0.717, 1.165) is 32.6 Å². The third-order valence-electron chi connectivity index (χ3n) is 2.46. The molecule has 1 saturated heterocycles. The Balaban J connectivity index is 2.12. The number of hydrogen-bond donors (Lipinski definition) is 3. The third-order valence-corrected chi connectivity index (χ3v) is 2.46. The molecule has 1 aliphatic rings. The Labute approximate surface area is 90.8 Å². The molecular weight excluding hydrogens is 194 g/mol. The van der Waals surface area contributed by atoms with E-state index >= 15 is 0 Å². The van der Waals surface area contributed by atoms with Crippen molar-refractivity contribution in [2.75, 3.05) is 45.9 Å². The van der Waals surface area contributed by atoms with Crippen molar-refractivity contribution in [2.24, 2.45) is 0 Å². The first-order valence-corrected chi connectivity index (χ1v) is 5.63. The quantitative estimate of drug-likeness (QED) is 0.503. The summed E-state index contributed by atoms with van der Waals surface area (Å²) in [4.78, 5) is 13.6. The lowest BCUT2D eigenvalue weighted by Gasteiger charge is -2.18. The Kier molecular flexibility index (Phi) is 6.31. The van der Waals surface area contributed by atoms with E-state index in [1.54, 1.807) is 0 Å². The van der Waals surface area contributed by atoms with E-state index in [0.29, 0.717) is 19.5 Å². The van der Waals surface area contributed by atoms with E-state index in [-0.39, 0.29) is 12.5 Å². The van der Waals surface area contributed by atoms with Crippen molar-refractivity contribution in [3.8, 4) is 0 Å². The van der Waals surface area contributed by atoms with E-state index < -0.39 is 0 Å². The molecule has 0 spiro atoms. The van der Waals surface area contributed by atoms with Crippen LogP contribution in [0.3, 0.4) is 0 Å².